The molecular weight excluding hydrogens is 188 g/mol. The highest BCUT2D eigenvalue weighted by molar-refractivity contribution is 5.97. The van der Waals surface area contributed by atoms with E-state index in [1.807, 2.05) is 19.9 Å². The van der Waals surface area contributed by atoms with Gasteiger partial charge in [0.1, 0.15) is 11.6 Å². The van der Waals surface area contributed by atoms with Crippen molar-refractivity contribution in [2.45, 2.75) is 33.6 Å². The summed E-state index contributed by atoms with van der Waals surface area (Å²) in [5.41, 5.74) is 0.253. The fraction of sp³-hybridized carbons (Fsp3) is 0.667. The molecule has 0 fully saturated rings. The molecule has 0 aromatic heterocycles. The SMILES string of the molecule is CCCCN(C)C(=O)/C(C#N)=C/C(C)C. The molecule has 0 heterocycles. The second-order valence-electron chi connectivity index (χ2n) is 4.02. The fourth-order valence-corrected chi connectivity index (χ4v) is 1.19. The molecule has 0 aliphatic heterocycles. The minimum atomic E-state index is -0.167. The molecule has 0 spiro atoms. The van der Waals surface area contributed by atoms with Gasteiger partial charge in [0.05, 0.1) is 0 Å². The lowest BCUT2D eigenvalue weighted by atomic mass is 10.1. The second kappa shape index (κ2) is 7.05. The van der Waals surface area contributed by atoms with Crippen LogP contribution in [0, 0.1) is 17.2 Å². The number of nitriles is 1. The van der Waals surface area contributed by atoms with E-state index in [9.17, 15) is 4.79 Å². The van der Waals surface area contributed by atoms with Crippen LogP contribution < -0.4 is 0 Å². The Bertz CT molecular complexity index is 274. The van der Waals surface area contributed by atoms with Crippen LogP contribution >= 0.6 is 0 Å². The third-order valence-electron chi connectivity index (χ3n) is 2.04. The Morgan fingerprint density at radius 2 is 2.13 bits per heavy atom. The van der Waals surface area contributed by atoms with E-state index in [1.165, 1.54) is 0 Å². The summed E-state index contributed by atoms with van der Waals surface area (Å²) in [7, 11) is 1.74. The van der Waals surface area contributed by atoms with Gasteiger partial charge in [-0.2, -0.15) is 5.26 Å². The number of hydrogen-bond donors (Lipinski definition) is 0. The van der Waals surface area contributed by atoms with Gasteiger partial charge in [-0.1, -0.05) is 33.3 Å². The van der Waals surface area contributed by atoms with E-state index in [0.29, 0.717) is 6.54 Å². The molecule has 84 valence electrons. The number of likely N-dealkylation sites (N-methyl/N-ethyl adjacent to an activating group) is 1. The van der Waals surface area contributed by atoms with Gasteiger partial charge in [0.2, 0.25) is 0 Å². The van der Waals surface area contributed by atoms with Crippen LogP contribution in [-0.4, -0.2) is 24.4 Å². The van der Waals surface area contributed by atoms with E-state index in [4.69, 9.17) is 5.26 Å². The molecule has 0 radical (unpaired) electrons. The highest BCUT2D eigenvalue weighted by Crippen LogP contribution is 2.05. The normalized spacial score (nSPS) is 11.3. The van der Waals surface area contributed by atoms with E-state index >= 15 is 0 Å². The van der Waals surface area contributed by atoms with Gasteiger partial charge in [0.15, 0.2) is 0 Å². The average molecular weight is 208 g/mol. The largest absolute Gasteiger partial charge is 0.341 e. The third-order valence-corrected chi connectivity index (χ3v) is 2.04. The van der Waals surface area contributed by atoms with Crippen molar-refractivity contribution in [2.24, 2.45) is 5.92 Å². The summed E-state index contributed by atoms with van der Waals surface area (Å²) in [5, 5.41) is 8.85. The minimum Gasteiger partial charge on any atom is -0.341 e. The molecule has 3 heteroatoms. The van der Waals surface area contributed by atoms with Crippen LogP contribution in [0.1, 0.15) is 33.6 Å². The van der Waals surface area contributed by atoms with Crippen molar-refractivity contribution in [1.29, 1.82) is 5.26 Å². The Labute approximate surface area is 92.4 Å². The van der Waals surface area contributed by atoms with E-state index in [2.05, 4.69) is 6.92 Å². The second-order valence-corrected chi connectivity index (χ2v) is 4.02. The topological polar surface area (TPSA) is 44.1 Å². The summed E-state index contributed by atoms with van der Waals surface area (Å²) in [5.74, 6) is 0.0582. The van der Waals surface area contributed by atoms with Crippen LogP contribution in [0.4, 0.5) is 0 Å². The molecule has 0 aromatic rings. The maximum Gasteiger partial charge on any atom is 0.263 e. The number of carbonyl (C=O) groups is 1. The highest BCUT2D eigenvalue weighted by atomic mass is 16.2. The zero-order valence-corrected chi connectivity index (χ0v) is 10.1. The first-order valence-corrected chi connectivity index (χ1v) is 5.40. The van der Waals surface area contributed by atoms with Crippen molar-refractivity contribution in [2.75, 3.05) is 13.6 Å². The smallest absolute Gasteiger partial charge is 0.263 e. The van der Waals surface area contributed by atoms with Crippen molar-refractivity contribution in [3.63, 3.8) is 0 Å². The van der Waals surface area contributed by atoms with Crippen molar-refractivity contribution < 1.29 is 4.79 Å². The van der Waals surface area contributed by atoms with Crippen molar-refractivity contribution in [3.8, 4) is 6.07 Å². The van der Waals surface area contributed by atoms with Crippen LogP contribution in [0.15, 0.2) is 11.6 Å². The predicted octanol–water partition coefficient (Wildman–Crippen LogP) is 2.35. The number of hydrogen-bond acceptors (Lipinski definition) is 2. The summed E-state index contributed by atoms with van der Waals surface area (Å²) < 4.78 is 0. The van der Waals surface area contributed by atoms with Crippen molar-refractivity contribution in [1.82, 2.24) is 4.90 Å². The Kier molecular flexibility index (Phi) is 6.44. The first-order chi connectivity index (χ1) is 7.02. The van der Waals surface area contributed by atoms with Crippen LogP contribution in [0.2, 0.25) is 0 Å². The van der Waals surface area contributed by atoms with Crippen LogP contribution in [-0.2, 0) is 4.79 Å². The molecule has 0 N–H and O–H groups in total. The Morgan fingerprint density at radius 3 is 2.53 bits per heavy atom. The molecule has 0 aromatic carbocycles. The zero-order valence-electron chi connectivity index (χ0n) is 10.1. The Balaban J connectivity index is 4.47. The summed E-state index contributed by atoms with van der Waals surface area (Å²) in [4.78, 5) is 13.4. The van der Waals surface area contributed by atoms with Gasteiger partial charge in [-0.05, 0) is 12.3 Å². The summed E-state index contributed by atoms with van der Waals surface area (Å²) in [6, 6.07) is 1.96. The number of carbonyl (C=O) groups excluding carboxylic acids is 1. The van der Waals surface area contributed by atoms with Gasteiger partial charge in [0, 0.05) is 13.6 Å². The van der Waals surface area contributed by atoms with Gasteiger partial charge < -0.3 is 4.90 Å². The monoisotopic (exact) mass is 208 g/mol. The number of allylic oxidation sites excluding steroid dienone is 1. The van der Waals surface area contributed by atoms with Crippen LogP contribution in [0.25, 0.3) is 0 Å². The zero-order chi connectivity index (χ0) is 11.8. The quantitative estimate of drug-likeness (QED) is 0.514. The molecule has 0 rings (SSSR count). The average Bonchev–Trinajstić information content (AvgIpc) is 2.21. The maximum atomic E-state index is 11.8. The lowest BCUT2D eigenvalue weighted by Crippen LogP contribution is -2.28. The third kappa shape index (κ3) is 5.21. The molecule has 0 aliphatic carbocycles. The number of unbranched alkanes of at least 4 members (excludes halogenated alkanes) is 1. The predicted molar refractivity (Wildman–Crippen MR) is 61.1 cm³/mol. The number of amides is 1. The van der Waals surface area contributed by atoms with Crippen molar-refractivity contribution >= 4 is 5.91 Å². The fourth-order valence-electron chi connectivity index (χ4n) is 1.19. The molecule has 0 saturated carbocycles. The van der Waals surface area contributed by atoms with Crippen molar-refractivity contribution in [3.05, 3.63) is 11.6 Å². The molecule has 15 heavy (non-hydrogen) atoms. The molecule has 1 amide bonds. The highest BCUT2D eigenvalue weighted by Gasteiger charge is 2.13. The van der Waals surface area contributed by atoms with Gasteiger partial charge in [-0.25, -0.2) is 0 Å². The van der Waals surface area contributed by atoms with E-state index in [0.717, 1.165) is 12.8 Å². The molecule has 0 saturated heterocycles. The van der Waals surface area contributed by atoms with Gasteiger partial charge >= 0.3 is 0 Å². The molecule has 0 aliphatic rings. The van der Waals surface area contributed by atoms with E-state index in [1.54, 1.807) is 18.0 Å². The Hall–Kier alpha value is -1.30. The summed E-state index contributed by atoms with van der Waals surface area (Å²) >= 11 is 0. The standard InChI is InChI=1S/C12H20N2O/c1-5-6-7-14(4)12(15)11(9-13)8-10(2)3/h8,10H,5-7H2,1-4H3/b11-8+. The van der Waals surface area contributed by atoms with Crippen LogP contribution in [0.3, 0.4) is 0 Å². The first kappa shape index (κ1) is 13.7. The lowest BCUT2D eigenvalue weighted by Gasteiger charge is -2.16. The lowest BCUT2D eigenvalue weighted by molar-refractivity contribution is -0.125. The molecule has 0 bridgehead atoms. The summed E-state index contributed by atoms with van der Waals surface area (Å²) in [6.45, 7) is 6.70. The molecule has 0 unspecified atom stereocenters. The number of rotatable bonds is 5. The van der Waals surface area contributed by atoms with E-state index < -0.39 is 0 Å². The maximum absolute atomic E-state index is 11.8. The van der Waals surface area contributed by atoms with E-state index in [-0.39, 0.29) is 17.4 Å². The summed E-state index contributed by atoms with van der Waals surface area (Å²) in [6.07, 6.45) is 3.74. The molecule has 3 nitrogen and oxygen atoms in total. The molecule has 0 atom stereocenters. The van der Waals surface area contributed by atoms with Gasteiger partial charge in [-0.15, -0.1) is 0 Å². The van der Waals surface area contributed by atoms with Gasteiger partial charge in [-0.3, -0.25) is 4.79 Å². The van der Waals surface area contributed by atoms with Gasteiger partial charge in [0.25, 0.3) is 5.91 Å². The Morgan fingerprint density at radius 1 is 1.53 bits per heavy atom. The number of nitrogens with zero attached hydrogens (tertiary/aromatic N) is 2. The first-order valence-electron chi connectivity index (χ1n) is 5.40. The van der Waals surface area contributed by atoms with Crippen LogP contribution in [0.5, 0.6) is 0 Å². The molecular formula is C12H20N2O. The minimum absolute atomic E-state index is 0.167.